The first kappa shape index (κ1) is 27.0. The molecule has 5 rings (SSSR count). The van der Waals surface area contributed by atoms with Crippen LogP contribution in [0.25, 0.3) is 10.8 Å². The van der Waals surface area contributed by atoms with Crippen LogP contribution in [0.15, 0.2) is 54.6 Å². The lowest BCUT2D eigenvalue weighted by molar-refractivity contribution is 0.126. The van der Waals surface area contributed by atoms with Gasteiger partial charge in [0.15, 0.2) is 0 Å². The molecule has 1 fully saturated rings. The van der Waals surface area contributed by atoms with Crippen molar-refractivity contribution in [3.63, 3.8) is 0 Å². The molecule has 0 saturated carbocycles. The van der Waals surface area contributed by atoms with E-state index in [0.29, 0.717) is 0 Å². The zero-order chi connectivity index (χ0) is 21.9. The fourth-order valence-corrected chi connectivity index (χ4v) is 5.84. The van der Waals surface area contributed by atoms with E-state index >= 15 is 0 Å². The maximum Gasteiger partial charge on any atom is 0.0236 e. The van der Waals surface area contributed by atoms with Crippen molar-refractivity contribution in [1.29, 1.82) is 0 Å². The largest absolute Gasteiger partial charge is 0.303 e. The first-order valence-electron chi connectivity index (χ1n) is 12.7. The minimum Gasteiger partial charge on any atom is -0.303 e. The van der Waals surface area contributed by atoms with Gasteiger partial charge in [-0.05, 0) is 104 Å². The Kier molecular flexibility index (Phi) is 9.85. The fourth-order valence-electron chi connectivity index (χ4n) is 5.84. The topological polar surface area (TPSA) is 6.48 Å². The minimum atomic E-state index is 0. The van der Waals surface area contributed by atoms with Gasteiger partial charge in [-0.1, -0.05) is 54.6 Å². The number of aryl methyl sites for hydroxylation is 3. The standard InChI is InChI=1S/C30H38N2.2ClH/c1-23-17-29-13-16-32(22-30(29)18-24(23)2)21-26-8-6-15-31(20-26)14-5-7-25-11-12-27-9-3-4-10-28(27)19-25;;/h3-4,9-12,17-19,26H,5-8,13-16,20-22H2,1-2H3;2*1H. The van der Waals surface area contributed by atoms with Crippen molar-refractivity contribution in [3.05, 3.63) is 82.4 Å². The normalized spacial score (nSPS) is 18.7. The molecular weight excluding hydrogens is 459 g/mol. The number of likely N-dealkylation sites (tertiary alicyclic amines) is 1. The van der Waals surface area contributed by atoms with Crippen LogP contribution in [-0.4, -0.2) is 42.5 Å². The zero-order valence-corrected chi connectivity index (χ0v) is 22.4. The molecule has 0 amide bonds. The number of benzene rings is 3. The summed E-state index contributed by atoms with van der Waals surface area (Å²) in [4.78, 5) is 5.46. The highest BCUT2D eigenvalue weighted by Gasteiger charge is 2.24. The van der Waals surface area contributed by atoms with Gasteiger partial charge in [-0.3, -0.25) is 4.90 Å². The Morgan fingerprint density at radius 3 is 2.41 bits per heavy atom. The van der Waals surface area contributed by atoms with Gasteiger partial charge in [0, 0.05) is 26.2 Å². The second-order valence-electron chi connectivity index (χ2n) is 10.3. The molecule has 2 heterocycles. The van der Waals surface area contributed by atoms with Crippen molar-refractivity contribution in [1.82, 2.24) is 9.80 Å². The molecule has 0 spiro atoms. The molecule has 2 aliphatic rings. The molecular formula is C30H40Cl2N2. The molecule has 0 aliphatic carbocycles. The lowest BCUT2D eigenvalue weighted by atomic mass is 9.92. The Hall–Kier alpha value is -1.58. The molecule has 3 aromatic carbocycles. The predicted octanol–water partition coefficient (Wildman–Crippen LogP) is 7.00. The molecule has 0 radical (unpaired) electrons. The van der Waals surface area contributed by atoms with E-state index in [1.165, 1.54) is 92.3 Å². The van der Waals surface area contributed by atoms with Crippen LogP contribution in [0.2, 0.25) is 0 Å². The second-order valence-corrected chi connectivity index (χ2v) is 10.3. The summed E-state index contributed by atoms with van der Waals surface area (Å²) in [6, 6.07) is 20.6. The summed E-state index contributed by atoms with van der Waals surface area (Å²) in [5.74, 6) is 0.831. The molecule has 1 atom stereocenters. The van der Waals surface area contributed by atoms with Crippen molar-refractivity contribution < 1.29 is 0 Å². The third-order valence-electron chi connectivity index (χ3n) is 7.78. The molecule has 34 heavy (non-hydrogen) atoms. The molecule has 1 unspecified atom stereocenters. The Morgan fingerprint density at radius 1 is 0.824 bits per heavy atom. The summed E-state index contributed by atoms with van der Waals surface area (Å²) in [6.45, 7) is 12.0. The van der Waals surface area contributed by atoms with E-state index < -0.39 is 0 Å². The van der Waals surface area contributed by atoms with E-state index in [9.17, 15) is 0 Å². The van der Waals surface area contributed by atoms with Crippen LogP contribution in [-0.2, 0) is 19.4 Å². The Labute approximate surface area is 218 Å². The average molecular weight is 500 g/mol. The Morgan fingerprint density at radius 2 is 1.59 bits per heavy atom. The van der Waals surface area contributed by atoms with Gasteiger partial charge in [0.25, 0.3) is 0 Å². The molecule has 0 bridgehead atoms. The quantitative estimate of drug-likeness (QED) is 0.360. The smallest absolute Gasteiger partial charge is 0.0236 e. The number of fused-ring (bicyclic) bond motifs is 2. The summed E-state index contributed by atoms with van der Waals surface area (Å²) >= 11 is 0. The maximum absolute atomic E-state index is 2.74. The lowest BCUT2D eigenvalue weighted by Gasteiger charge is -2.37. The number of nitrogens with zero attached hydrogens (tertiary/aromatic N) is 2. The van der Waals surface area contributed by atoms with Gasteiger partial charge in [-0.25, -0.2) is 0 Å². The molecule has 184 valence electrons. The highest BCUT2D eigenvalue weighted by atomic mass is 35.5. The highest BCUT2D eigenvalue weighted by molar-refractivity contribution is 5.85. The van der Waals surface area contributed by atoms with Gasteiger partial charge in [0.2, 0.25) is 0 Å². The number of hydrogen-bond acceptors (Lipinski definition) is 2. The third-order valence-corrected chi connectivity index (χ3v) is 7.78. The van der Waals surface area contributed by atoms with Gasteiger partial charge in [-0.2, -0.15) is 0 Å². The number of halogens is 2. The van der Waals surface area contributed by atoms with Gasteiger partial charge >= 0.3 is 0 Å². The molecule has 3 aromatic rings. The first-order chi connectivity index (χ1) is 15.6. The summed E-state index contributed by atoms with van der Waals surface area (Å²) < 4.78 is 0. The van der Waals surface area contributed by atoms with Crippen LogP contribution in [0, 0.1) is 19.8 Å². The fraction of sp³-hybridized carbons (Fsp3) is 0.467. The predicted molar refractivity (Wildman–Crippen MR) is 151 cm³/mol. The van der Waals surface area contributed by atoms with Crippen LogP contribution in [0.4, 0.5) is 0 Å². The van der Waals surface area contributed by atoms with Crippen molar-refractivity contribution in [2.24, 2.45) is 5.92 Å². The molecule has 1 saturated heterocycles. The van der Waals surface area contributed by atoms with Crippen molar-refractivity contribution in [2.45, 2.75) is 52.5 Å². The third kappa shape index (κ3) is 6.55. The van der Waals surface area contributed by atoms with Crippen LogP contribution < -0.4 is 0 Å². The highest BCUT2D eigenvalue weighted by Crippen LogP contribution is 2.25. The first-order valence-corrected chi connectivity index (χ1v) is 12.7. The number of rotatable bonds is 6. The molecule has 2 aliphatic heterocycles. The van der Waals surface area contributed by atoms with Gasteiger partial charge in [-0.15, -0.1) is 24.8 Å². The zero-order valence-electron chi connectivity index (χ0n) is 20.8. The van der Waals surface area contributed by atoms with E-state index in [1.54, 1.807) is 11.1 Å². The van der Waals surface area contributed by atoms with Gasteiger partial charge in [0.05, 0.1) is 0 Å². The van der Waals surface area contributed by atoms with Gasteiger partial charge in [0.1, 0.15) is 0 Å². The monoisotopic (exact) mass is 498 g/mol. The van der Waals surface area contributed by atoms with E-state index in [1.807, 2.05) is 0 Å². The summed E-state index contributed by atoms with van der Waals surface area (Å²) in [6.07, 6.45) is 6.44. The summed E-state index contributed by atoms with van der Waals surface area (Å²) in [5.41, 5.74) is 7.53. The minimum absolute atomic E-state index is 0. The molecule has 4 heteroatoms. The molecule has 0 aromatic heterocycles. The average Bonchev–Trinajstić information content (AvgIpc) is 2.80. The second kappa shape index (κ2) is 12.4. The van der Waals surface area contributed by atoms with E-state index in [2.05, 4.69) is 78.2 Å². The Balaban J connectivity index is 0.00000162. The van der Waals surface area contributed by atoms with Crippen LogP contribution >= 0.6 is 24.8 Å². The summed E-state index contributed by atoms with van der Waals surface area (Å²) in [5, 5.41) is 2.72. The lowest BCUT2D eigenvalue weighted by Crippen LogP contribution is -2.42. The number of hydrogen-bond donors (Lipinski definition) is 0. The molecule has 0 N–H and O–H groups in total. The maximum atomic E-state index is 2.74. The van der Waals surface area contributed by atoms with Crippen LogP contribution in [0.3, 0.4) is 0 Å². The van der Waals surface area contributed by atoms with E-state index in [4.69, 9.17) is 0 Å². The molecule has 2 nitrogen and oxygen atoms in total. The Bertz CT molecular complexity index is 1080. The van der Waals surface area contributed by atoms with Gasteiger partial charge < -0.3 is 4.90 Å². The van der Waals surface area contributed by atoms with Crippen LogP contribution in [0.5, 0.6) is 0 Å². The summed E-state index contributed by atoms with van der Waals surface area (Å²) in [7, 11) is 0. The van der Waals surface area contributed by atoms with Crippen LogP contribution in [0.1, 0.15) is 47.1 Å². The van der Waals surface area contributed by atoms with Crippen molar-refractivity contribution >= 4 is 35.6 Å². The van der Waals surface area contributed by atoms with Crippen molar-refractivity contribution in [3.8, 4) is 0 Å². The van der Waals surface area contributed by atoms with Crippen molar-refractivity contribution in [2.75, 3.05) is 32.7 Å². The van der Waals surface area contributed by atoms with E-state index in [-0.39, 0.29) is 24.8 Å². The number of piperidine rings is 1. The SMILES string of the molecule is Cc1cc2c(cc1C)CN(CC1CCCN(CCCc3ccc4ccccc4c3)C1)CC2.Cl.Cl. The van der Waals surface area contributed by atoms with E-state index in [0.717, 1.165) is 12.5 Å².